The molecule has 1 aromatic carbocycles. The number of furan rings is 1. The number of rotatable bonds is 5. The first-order valence-electron chi connectivity index (χ1n) is 7.15. The zero-order valence-corrected chi connectivity index (χ0v) is 12.3. The molecule has 0 saturated carbocycles. The summed E-state index contributed by atoms with van der Waals surface area (Å²) in [7, 11) is 0. The van der Waals surface area contributed by atoms with Crippen LogP contribution in [0.4, 0.5) is 0 Å². The summed E-state index contributed by atoms with van der Waals surface area (Å²) >= 11 is 0. The van der Waals surface area contributed by atoms with Gasteiger partial charge in [0.05, 0.1) is 12.8 Å². The summed E-state index contributed by atoms with van der Waals surface area (Å²) in [5.41, 5.74) is 0.895. The Hall–Kier alpha value is -2.69. The van der Waals surface area contributed by atoms with E-state index in [-0.39, 0.29) is 12.7 Å². The monoisotopic (exact) mass is 299 g/mol. The van der Waals surface area contributed by atoms with Crippen LogP contribution in [0.5, 0.6) is 11.5 Å². The highest BCUT2D eigenvalue weighted by Crippen LogP contribution is 2.32. The molecule has 0 radical (unpaired) electrons. The molecule has 0 spiro atoms. The van der Waals surface area contributed by atoms with Crippen LogP contribution < -0.4 is 9.47 Å². The largest absolute Gasteiger partial charge is 0.467 e. The molecule has 1 aliphatic rings. The number of benzene rings is 1. The van der Waals surface area contributed by atoms with Crippen LogP contribution in [-0.4, -0.2) is 24.1 Å². The molecule has 1 amide bonds. The zero-order valence-electron chi connectivity index (χ0n) is 12.3. The third-order valence-corrected chi connectivity index (χ3v) is 3.44. The Morgan fingerprint density at radius 2 is 2.14 bits per heavy atom. The Morgan fingerprint density at radius 1 is 1.27 bits per heavy atom. The number of ether oxygens (including phenoxy) is 2. The van der Waals surface area contributed by atoms with E-state index >= 15 is 0 Å². The smallest absolute Gasteiger partial charge is 0.246 e. The molecule has 114 valence electrons. The van der Waals surface area contributed by atoms with Gasteiger partial charge in [-0.25, -0.2) is 0 Å². The summed E-state index contributed by atoms with van der Waals surface area (Å²) in [6.45, 7) is 3.27. The lowest BCUT2D eigenvalue weighted by molar-refractivity contribution is -0.126. The van der Waals surface area contributed by atoms with Gasteiger partial charge in [0.25, 0.3) is 0 Å². The molecule has 0 fully saturated rings. The van der Waals surface area contributed by atoms with Crippen molar-refractivity contribution in [3.63, 3.8) is 0 Å². The van der Waals surface area contributed by atoms with Crippen molar-refractivity contribution in [2.75, 3.05) is 13.3 Å². The van der Waals surface area contributed by atoms with Crippen LogP contribution in [0.2, 0.25) is 0 Å². The maximum Gasteiger partial charge on any atom is 0.246 e. The molecular weight excluding hydrogens is 282 g/mol. The van der Waals surface area contributed by atoms with Gasteiger partial charge in [-0.3, -0.25) is 4.79 Å². The Morgan fingerprint density at radius 3 is 2.91 bits per heavy atom. The number of carbonyl (C=O) groups excluding carboxylic acids is 1. The molecule has 2 aromatic rings. The summed E-state index contributed by atoms with van der Waals surface area (Å²) in [6, 6.07) is 9.26. The molecule has 5 nitrogen and oxygen atoms in total. The molecule has 0 atom stereocenters. The van der Waals surface area contributed by atoms with Crippen molar-refractivity contribution in [2.45, 2.75) is 13.5 Å². The molecule has 0 N–H and O–H groups in total. The second-order valence-corrected chi connectivity index (χ2v) is 4.88. The number of carbonyl (C=O) groups is 1. The van der Waals surface area contributed by atoms with Gasteiger partial charge in [0.15, 0.2) is 11.5 Å². The summed E-state index contributed by atoms with van der Waals surface area (Å²) in [6.07, 6.45) is 4.94. The minimum Gasteiger partial charge on any atom is -0.467 e. The van der Waals surface area contributed by atoms with Crippen LogP contribution in [0.15, 0.2) is 47.1 Å². The average Bonchev–Trinajstić information content (AvgIpc) is 3.20. The molecular formula is C17H17NO4. The van der Waals surface area contributed by atoms with E-state index in [0.717, 1.165) is 17.1 Å². The van der Waals surface area contributed by atoms with Gasteiger partial charge in [-0.1, -0.05) is 6.07 Å². The molecule has 0 bridgehead atoms. The van der Waals surface area contributed by atoms with Crippen LogP contribution in [-0.2, 0) is 11.3 Å². The highest BCUT2D eigenvalue weighted by molar-refractivity contribution is 5.91. The highest BCUT2D eigenvalue weighted by atomic mass is 16.7. The van der Waals surface area contributed by atoms with Gasteiger partial charge in [-0.15, -0.1) is 0 Å². The van der Waals surface area contributed by atoms with Gasteiger partial charge in [0.2, 0.25) is 12.7 Å². The van der Waals surface area contributed by atoms with Crippen LogP contribution in [0.1, 0.15) is 18.2 Å². The van der Waals surface area contributed by atoms with Crippen molar-refractivity contribution in [3.8, 4) is 11.5 Å². The van der Waals surface area contributed by atoms with Gasteiger partial charge in [0, 0.05) is 12.6 Å². The van der Waals surface area contributed by atoms with Crippen molar-refractivity contribution >= 4 is 12.0 Å². The van der Waals surface area contributed by atoms with Crippen LogP contribution in [0.3, 0.4) is 0 Å². The summed E-state index contributed by atoms with van der Waals surface area (Å²) < 4.78 is 15.9. The van der Waals surface area contributed by atoms with E-state index in [4.69, 9.17) is 13.9 Å². The normalized spacial score (nSPS) is 12.8. The highest BCUT2D eigenvalue weighted by Gasteiger charge is 2.13. The first kappa shape index (κ1) is 14.3. The van der Waals surface area contributed by atoms with E-state index in [9.17, 15) is 4.79 Å². The SMILES string of the molecule is CCN(Cc1ccco1)C(=O)C=Cc1ccc2c(c1)OCO2. The molecule has 5 heteroatoms. The van der Waals surface area contributed by atoms with Crippen molar-refractivity contribution in [2.24, 2.45) is 0 Å². The Kier molecular flexibility index (Phi) is 4.14. The number of likely N-dealkylation sites (N-methyl/N-ethyl adjacent to an activating group) is 1. The van der Waals surface area contributed by atoms with Gasteiger partial charge in [-0.05, 0) is 42.8 Å². The minimum atomic E-state index is -0.0587. The zero-order chi connectivity index (χ0) is 15.4. The van der Waals surface area contributed by atoms with E-state index < -0.39 is 0 Å². The lowest BCUT2D eigenvalue weighted by atomic mass is 10.2. The predicted molar refractivity (Wildman–Crippen MR) is 81.4 cm³/mol. The fourth-order valence-corrected chi connectivity index (χ4v) is 2.23. The number of amides is 1. The number of nitrogens with zero attached hydrogens (tertiary/aromatic N) is 1. The second kappa shape index (κ2) is 6.39. The van der Waals surface area contributed by atoms with E-state index in [2.05, 4.69) is 0 Å². The first-order chi connectivity index (χ1) is 10.8. The first-order valence-corrected chi connectivity index (χ1v) is 7.15. The van der Waals surface area contributed by atoms with Gasteiger partial charge < -0.3 is 18.8 Å². The number of hydrogen-bond acceptors (Lipinski definition) is 4. The average molecular weight is 299 g/mol. The van der Waals surface area contributed by atoms with Gasteiger partial charge >= 0.3 is 0 Å². The topological polar surface area (TPSA) is 51.9 Å². The van der Waals surface area contributed by atoms with E-state index in [0.29, 0.717) is 18.8 Å². The summed E-state index contributed by atoms with van der Waals surface area (Å²) in [5, 5.41) is 0. The molecule has 0 aliphatic carbocycles. The molecule has 0 unspecified atom stereocenters. The third-order valence-electron chi connectivity index (χ3n) is 3.44. The fourth-order valence-electron chi connectivity index (χ4n) is 2.23. The van der Waals surface area contributed by atoms with Crippen LogP contribution in [0.25, 0.3) is 6.08 Å². The Bertz CT molecular complexity index is 676. The fraction of sp³-hybridized carbons (Fsp3) is 0.235. The quantitative estimate of drug-likeness (QED) is 0.796. The van der Waals surface area contributed by atoms with Crippen LogP contribution >= 0.6 is 0 Å². The maximum absolute atomic E-state index is 12.2. The van der Waals surface area contributed by atoms with Crippen molar-refractivity contribution in [1.29, 1.82) is 0 Å². The number of fused-ring (bicyclic) bond motifs is 1. The minimum absolute atomic E-state index is 0.0587. The molecule has 0 saturated heterocycles. The van der Waals surface area contributed by atoms with E-state index in [1.54, 1.807) is 23.3 Å². The Labute approximate surface area is 128 Å². The van der Waals surface area contributed by atoms with Crippen LogP contribution in [0, 0.1) is 0 Å². The predicted octanol–water partition coefficient (Wildman–Crippen LogP) is 3.07. The summed E-state index contributed by atoms with van der Waals surface area (Å²) in [5.74, 6) is 2.15. The van der Waals surface area contributed by atoms with Crippen molar-refractivity contribution in [1.82, 2.24) is 4.90 Å². The van der Waals surface area contributed by atoms with Gasteiger partial charge in [-0.2, -0.15) is 0 Å². The Balaban J connectivity index is 1.66. The molecule has 22 heavy (non-hydrogen) atoms. The van der Waals surface area contributed by atoms with Crippen molar-refractivity contribution < 1.29 is 18.7 Å². The molecule has 1 aliphatic heterocycles. The third kappa shape index (κ3) is 3.14. The summed E-state index contributed by atoms with van der Waals surface area (Å²) in [4.78, 5) is 14.0. The number of hydrogen-bond donors (Lipinski definition) is 0. The van der Waals surface area contributed by atoms with E-state index in [1.807, 2.05) is 37.3 Å². The standard InChI is InChI=1S/C17H17NO4/c1-2-18(11-14-4-3-9-20-14)17(19)8-6-13-5-7-15-16(10-13)22-12-21-15/h3-10H,2,11-12H2,1H3. The second-order valence-electron chi connectivity index (χ2n) is 4.88. The van der Waals surface area contributed by atoms with Crippen molar-refractivity contribution in [3.05, 3.63) is 54.0 Å². The lowest BCUT2D eigenvalue weighted by Crippen LogP contribution is -2.28. The molecule has 1 aromatic heterocycles. The van der Waals surface area contributed by atoms with Gasteiger partial charge in [0.1, 0.15) is 5.76 Å². The maximum atomic E-state index is 12.2. The molecule has 3 rings (SSSR count). The lowest BCUT2D eigenvalue weighted by Gasteiger charge is -2.17. The van der Waals surface area contributed by atoms with E-state index in [1.165, 1.54) is 0 Å². The molecule has 2 heterocycles.